The van der Waals surface area contributed by atoms with Gasteiger partial charge in [-0.3, -0.25) is 5.43 Å². The van der Waals surface area contributed by atoms with Crippen LogP contribution in [0, 0.1) is 0 Å². The Morgan fingerprint density at radius 2 is 1.71 bits per heavy atom. The molecule has 6 heteroatoms. The van der Waals surface area contributed by atoms with Crippen LogP contribution in [0.1, 0.15) is 12.0 Å². The molecule has 2 rings (SSSR count). The van der Waals surface area contributed by atoms with Crippen LogP contribution in [0.2, 0.25) is 0 Å². The van der Waals surface area contributed by atoms with Crippen molar-refractivity contribution in [1.29, 1.82) is 0 Å². The predicted octanol–water partition coefficient (Wildman–Crippen LogP) is 2.62. The van der Waals surface area contributed by atoms with Crippen LogP contribution in [0.3, 0.4) is 0 Å². The fourth-order valence-electron chi connectivity index (χ4n) is 1.76. The second-order valence-electron chi connectivity index (χ2n) is 4.43. The second kappa shape index (κ2) is 7.01. The maximum Gasteiger partial charge on any atom is 0.124 e. The van der Waals surface area contributed by atoms with Gasteiger partial charge in [-0.05, 0) is 42.7 Å². The molecule has 110 valence electrons. The number of hydrogen-bond donors (Lipinski definition) is 1. The van der Waals surface area contributed by atoms with Gasteiger partial charge in [0, 0.05) is 6.21 Å². The van der Waals surface area contributed by atoms with Gasteiger partial charge in [-0.1, -0.05) is 30.3 Å². The molecule has 0 aliphatic carbocycles. The Labute approximate surface area is 124 Å². The standard InChI is InChI=1S/C15H16N2O3S/c18-21(19,20)15-10-8-14(9-11-15)17-16-12-4-7-13-5-2-1-3-6-13/h1-3,5-6,8-12,17H,4,7H2,(H,18,19,20)/p-1. The lowest BCUT2D eigenvalue weighted by atomic mass is 10.1. The number of benzene rings is 2. The lowest BCUT2D eigenvalue weighted by Crippen LogP contribution is -1.98. The van der Waals surface area contributed by atoms with Gasteiger partial charge in [0.15, 0.2) is 0 Å². The summed E-state index contributed by atoms with van der Waals surface area (Å²) in [5.74, 6) is 0. The van der Waals surface area contributed by atoms with E-state index in [4.69, 9.17) is 0 Å². The van der Waals surface area contributed by atoms with E-state index in [9.17, 15) is 13.0 Å². The summed E-state index contributed by atoms with van der Waals surface area (Å²) in [7, 11) is -4.40. The molecule has 0 radical (unpaired) electrons. The highest BCUT2D eigenvalue weighted by Gasteiger charge is 1.99. The molecule has 0 heterocycles. The van der Waals surface area contributed by atoms with Gasteiger partial charge in [0.1, 0.15) is 10.1 Å². The molecule has 5 nitrogen and oxygen atoms in total. The monoisotopic (exact) mass is 303 g/mol. The number of nitrogens with one attached hydrogen (secondary N) is 1. The summed E-state index contributed by atoms with van der Waals surface area (Å²) < 4.78 is 32.3. The minimum absolute atomic E-state index is 0.249. The molecule has 0 saturated heterocycles. The summed E-state index contributed by atoms with van der Waals surface area (Å²) >= 11 is 0. The SMILES string of the molecule is O=S(=O)([O-])c1ccc(NN=CCCc2ccccc2)cc1. The molecule has 0 fully saturated rings. The molecule has 0 bridgehead atoms. The summed E-state index contributed by atoms with van der Waals surface area (Å²) in [6, 6.07) is 15.6. The predicted molar refractivity (Wildman–Crippen MR) is 81.3 cm³/mol. The van der Waals surface area contributed by atoms with E-state index in [1.807, 2.05) is 18.2 Å². The molecule has 0 amide bonds. The normalized spacial score (nSPS) is 11.7. The van der Waals surface area contributed by atoms with Crippen LogP contribution in [0.15, 0.2) is 64.6 Å². The molecule has 1 N–H and O–H groups in total. The summed E-state index contributed by atoms with van der Waals surface area (Å²) in [5.41, 5.74) is 4.65. The molecule has 0 unspecified atom stereocenters. The van der Waals surface area contributed by atoms with Crippen LogP contribution in [0.4, 0.5) is 5.69 Å². The minimum atomic E-state index is -4.40. The quantitative estimate of drug-likeness (QED) is 0.505. The Morgan fingerprint density at radius 3 is 2.33 bits per heavy atom. The summed E-state index contributed by atoms with van der Waals surface area (Å²) in [6.07, 6.45) is 3.45. The molecule has 0 aliphatic heterocycles. The lowest BCUT2D eigenvalue weighted by molar-refractivity contribution is 0.463. The van der Waals surface area contributed by atoms with Crippen LogP contribution in [0.25, 0.3) is 0 Å². The van der Waals surface area contributed by atoms with E-state index in [-0.39, 0.29) is 4.90 Å². The zero-order chi connectivity index (χ0) is 15.1. The van der Waals surface area contributed by atoms with Crippen molar-refractivity contribution < 1.29 is 13.0 Å². The molecule has 0 saturated carbocycles. The Bertz CT molecular complexity index is 695. The third kappa shape index (κ3) is 5.02. The molecule has 0 aromatic heterocycles. The topological polar surface area (TPSA) is 81.6 Å². The van der Waals surface area contributed by atoms with E-state index < -0.39 is 10.1 Å². The first-order valence-corrected chi connectivity index (χ1v) is 7.84. The van der Waals surface area contributed by atoms with Crippen molar-refractivity contribution in [2.75, 3.05) is 5.43 Å². The van der Waals surface area contributed by atoms with Crippen molar-refractivity contribution in [3.63, 3.8) is 0 Å². The molecule has 0 spiro atoms. The van der Waals surface area contributed by atoms with Gasteiger partial charge in [-0.15, -0.1) is 0 Å². The Kier molecular flexibility index (Phi) is 5.08. The molecule has 21 heavy (non-hydrogen) atoms. The fraction of sp³-hybridized carbons (Fsp3) is 0.133. The van der Waals surface area contributed by atoms with Crippen molar-refractivity contribution in [2.45, 2.75) is 17.7 Å². The Balaban J connectivity index is 1.81. The van der Waals surface area contributed by atoms with Crippen molar-refractivity contribution in [1.82, 2.24) is 0 Å². The molecular formula is C15H15N2O3S-. The highest BCUT2D eigenvalue weighted by atomic mass is 32.2. The Morgan fingerprint density at radius 1 is 1.05 bits per heavy atom. The van der Waals surface area contributed by atoms with Gasteiger partial charge in [0.05, 0.1) is 10.6 Å². The third-order valence-corrected chi connectivity index (χ3v) is 3.68. The van der Waals surface area contributed by atoms with E-state index in [0.717, 1.165) is 12.8 Å². The lowest BCUT2D eigenvalue weighted by Gasteiger charge is -2.07. The molecule has 2 aromatic carbocycles. The molecule has 0 aliphatic rings. The van der Waals surface area contributed by atoms with Gasteiger partial charge in [0.25, 0.3) is 0 Å². The molecule has 2 aromatic rings. The Hall–Kier alpha value is -2.18. The van der Waals surface area contributed by atoms with E-state index in [0.29, 0.717) is 5.69 Å². The highest BCUT2D eigenvalue weighted by Crippen LogP contribution is 2.13. The van der Waals surface area contributed by atoms with Gasteiger partial charge in [0.2, 0.25) is 0 Å². The van der Waals surface area contributed by atoms with Crippen LogP contribution in [-0.2, 0) is 16.5 Å². The number of aryl methyl sites for hydroxylation is 1. The maximum absolute atomic E-state index is 10.8. The fourth-order valence-corrected chi connectivity index (χ4v) is 2.23. The van der Waals surface area contributed by atoms with E-state index >= 15 is 0 Å². The van der Waals surface area contributed by atoms with E-state index in [1.54, 1.807) is 6.21 Å². The van der Waals surface area contributed by atoms with Gasteiger partial charge < -0.3 is 4.55 Å². The average Bonchev–Trinajstić information content (AvgIpc) is 2.47. The molecule has 0 atom stereocenters. The van der Waals surface area contributed by atoms with Crippen LogP contribution in [-0.4, -0.2) is 19.2 Å². The third-order valence-electron chi connectivity index (χ3n) is 2.83. The number of nitrogens with zero attached hydrogens (tertiary/aromatic N) is 1. The van der Waals surface area contributed by atoms with E-state index in [1.165, 1.54) is 29.8 Å². The zero-order valence-corrected chi connectivity index (χ0v) is 12.1. The van der Waals surface area contributed by atoms with Crippen LogP contribution in [0.5, 0.6) is 0 Å². The van der Waals surface area contributed by atoms with Crippen molar-refractivity contribution >= 4 is 22.0 Å². The minimum Gasteiger partial charge on any atom is -0.744 e. The number of hydrogen-bond acceptors (Lipinski definition) is 5. The average molecular weight is 303 g/mol. The van der Waals surface area contributed by atoms with Gasteiger partial charge in [-0.25, -0.2) is 8.42 Å². The van der Waals surface area contributed by atoms with Crippen molar-refractivity contribution in [3.8, 4) is 0 Å². The first kappa shape index (κ1) is 15.2. The highest BCUT2D eigenvalue weighted by molar-refractivity contribution is 7.85. The first-order chi connectivity index (χ1) is 10.1. The zero-order valence-electron chi connectivity index (χ0n) is 11.3. The summed E-state index contributed by atoms with van der Waals surface area (Å²) in [4.78, 5) is -0.249. The smallest absolute Gasteiger partial charge is 0.124 e. The van der Waals surface area contributed by atoms with Gasteiger partial charge >= 0.3 is 0 Å². The largest absolute Gasteiger partial charge is 0.744 e. The van der Waals surface area contributed by atoms with Crippen molar-refractivity contribution in [3.05, 3.63) is 60.2 Å². The van der Waals surface area contributed by atoms with Gasteiger partial charge in [-0.2, -0.15) is 5.10 Å². The first-order valence-electron chi connectivity index (χ1n) is 6.43. The van der Waals surface area contributed by atoms with E-state index in [2.05, 4.69) is 22.7 Å². The maximum atomic E-state index is 10.8. The number of rotatable bonds is 6. The number of hydrazone groups is 1. The van der Waals surface area contributed by atoms with Crippen LogP contribution < -0.4 is 5.43 Å². The second-order valence-corrected chi connectivity index (χ2v) is 5.81. The van der Waals surface area contributed by atoms with Crippen LogP contribution >= 0.6 is 0 Å². The summed E-state index contributed by atoms with van der Waals surface area (Å²) in [5, 5.41) is 4.05. The van der Waals surface area contributed by atoms with Crippen molar-refractivity contribution in [2.24, 2.45) is 5.10 Å². The summed E-state index contributed by atoms with van der Waals surface area (Å²) in [6.45, 7) is 0. The number of anilines is 1. The molecular weight excluding hydrogens is 288 g/mol.